The van der Waals surface area contributed by atoms with Crippen molar-refractivity contribution >= 4 is 0 Å². The minimum absolute atomic E-state index is 1.25. The molecule has 1 aromatic carbocycles. The molecule has 0 aromatic heterocycles. The van der Waals surface area contributed by atoms with Crippen LogP contribution in [-0.4, -0.2) is 0 Å². The van der Waals surface area contributed by atoms with Crippen LogP contribution in [0.2, 0.25) is 0 Å². The van der Waals surface area contributed by atoms with E-state index < -0.39 is 0 Å². The van der Waals surface area contributed by atoms with Gasteiger partial charge in [0.15, 0.2) is 0 Å². The summed E-state index contributed by atoms with van der Waals surface area (Å²) in [5, 5.41) is 0. The van der Waals surface area contributed by atoms with Gasteiger partial charge in [0.25, 0.3) is 0 Å². The molecule has 0 nitrogen and oxygen atoms in total. The summed E-state index contributed by atoms with van der Waals surface area (Å²) >= 11 is 1.45. The Morgan fingerprint density at radius 2 is 1.75 bits per heavy atom. The number of benzene rings is 1. The fourth-order valence-electron chi connectivity index (χ4n) is 0.583. The van der Waals surface area contributed by atoms with Crippen molar-refractivity contribution in [3.63, 3.8) is 0 Å². The molecule has 0 heterocycles. The van der Waals surface area contributed by atoms with Crippen LogP contribution in [0.5, 0.6) is 0 Å². The molecule has 0 saturated heterocycles. The summed E-state index contributed by atoms with van der Waals surface area (Å²) in [7, 11) is 0. The Morgan fingerprint density at radius 3 is 2.12 bits per heavy atom. The van der Waals surface area contributed by atoms with Crippen molar-refractivity contribution in [2.24, 2.45) is 0 Å². The minimum atomic E-state index is 1.25. The van der Waals surface area contributed by atoms with Gasteiger partial charge < -0.3 is 0 Å². The maximum absolute atomic E-state index is 2.17. The van der Waals surface area contributed by atoms with E-state index in [1.165, 1.54) is 31.3 Å². The van der Waals surface area contributed by atoms with Crippen molar-refractivity contribution in [3.05, 3.63) is 35.9 Å². The van der Waals surface area contributed by atoms with E-state index in [2.05, 4.69) is 30.3 Å². The van der Waals surface area contributed by atoms with Gasteiger partial charge in [-0.3, -0.25) is 0 Å². The van der Waals surface area contributed by atoms with E-state index in [9.17, 15) is 0 Å². The molecule has 0 spiro atoms. The van der Waals surface area contributed by atoms with E-state index in [1.807, 2.05) is 0 Å². The Labute approximate surface area is 61.8 Å². The molecule has 0 aliphatic rings. The molecule has 1 heteroatoms. The summed E-state index contributed by atoms with van der Waals surface area (Å²) in [4.78, 5) is 0. The molecule has 0 atom stereocenters. The zero-order valence-electron chi connectivity index (χ0n) is 4.54. The van der Waals surface area contributed by atoms with Gasteiger partial charge in [0, 0.05) is 0 Å². The maximum atomic E-state index is 2.17. The van der Waals surface area contributed by atoms with Gasteiger partial charge in [0.2, 0.25) is 0 Å². The number of rotatable bonds is 1. The molecule has 40 valence electrons. The van der Waals surface area contributed by atoms with Gasteiger partial charge in [0.05, 0.1) is 0 Å². The Bertz CT molecular complexity index is 146. The van der Waals surface area contributed by atoms with E-state index in [1.54, 1.807) is 0 Å². The predicted molar refractivity (Wildman–Crippen MR) is 30.1 cm³/mol. The van der Waals surface area contributed by atoms with Crippen LogP contribution in [0, 0.1) is 0 Å². The van der Waals surface area contributed by atoms with Gasteiger partial charge in [-0.05, 0) is 0 Å². The third-order valence-electron chi connectivity index (χ3n) is 1.03. The Hall–Kier alpha value is -0.0397. The molecule has 0 saturated carbocycles. The quantitative estimate of drug-likeness (QED) is 0.730. The van der Waals surface area contributed by atoms with E-state index in [-0.39, 0.29) is 0 Å². The van der Waals surface area contributed by atoms with E-state index in [0.717, 1.165) is 0 Å². The van der Waals surface area contributed by atoms with Crippen LogP contribution in [0.25, 0.3) is 0 Å². The van der Waals surface area contributed by atoms with Gasteiger partial charge in [-0.25, -0.2) is 0 Å². The van der Waals surface area contributed by atoms with Crippen molar-refractivity contribution in [2.45, 2.75) is 4.64 Å². The first kappa shape index (κ1) is 6.09. The fraction of sp³-hybridized carbons (Fsp3) is 0.143. The van der Waals surface area contributed by atoms with Crippen molar-refractivity contribution in [1.82, 2.24) is 0 Å². The average molecular weight is 272 g/mol. The third-order valence-corrected chi connectivity index (χ3v) is 2.34. The molecule has 0 aliphatic carbocycles. The summed E-state index contributed by atoms with van der Waals surface area (Å²) in [6, 6.07) is 10.6. The molecule has 1 aromatic rings. The normalized spacial score (nSPS) is 9.00. The van der Waals surface area contributed by atoms with Gasteiger partial charge in [-0.2, -0.15) is 0 Å². The second-order valence-corrected chi connectivity index (χ2v) is 2.78. The molecule has 0 radical (unpaired) electrons. The summed E-state index contributed by atoms with van der Waals surface area (Å²) in [5.41, 5.74) is 1.46. The molecular formula is C7H7Ta. The van der Waals surface area contributed by atoms with Crippen molar-refractivity contribution in [1.29, 1.82) is 0 Å². The fourth-order valence-corrected chi connectivity index (χ4v) is 1.34. The number of hydrogen-bond acceptors (Lipinski definition) is 0. The molecule has 1 rings (SSSR count). The zero-order valence-corrected chi connectivity index (χ0v) is 7.75. The molecule has 0 fully saturated rings. The molecule has 8 heavy (non-hydrogen) atoms. The third kappa shape index (κ3) is 1.48. The SMILES string of the molecule is [Ta][CH2]c1ccccc1. The van der Waals surface area contributed by atoms with Crippen molar-refractivity contribution < 1.29 is 21.1 Å². The first-order valence-electron chi connectivity index (χ1n) is 2.58. The first-order valence-corrected chi connectivity index (χ1v) is 4.85. The van der Waals surface area contributed by atoms with Gasteiger partial charge in [-0.15, -0.1) is 0 Å². The van der Waals surface area contributed by atoms with Gasteiger partial charge >= 0.3 is 61.6 Å². The van der Waals surface area contributed by atoms with Crippen LogP contribution in [0.1, 0.15) is 5.56 Å². The van der Waals surface area contributed by atoms with Crippen LogP contribution in [0.15, 0.2) is 30.3 Å². The second kappa shape index (κ2) is 3.08. The molecule has 0 N–H and O–H groups in total. The predicted octanol–water partition coefficient (Wildman–Crippen LogP) is 1.73. The van der Waals surface area contributed by atoms with Gasteiger partial charge in [0.1, 0.15) is 0 Å². The van der Waals surface area contributed by atoms with Crippen molar-refractivity contribution in [3.8, 4) is 0 Å². The van der Waals surface area contributed by atoms with Crippen LogP contribution in [0.4, 0.5) is 0 Å². The van der Waals surface area contributed by atoms with E-state index >= 15 is 0 Å². The van der Waals surface area contributed by atoms with Crippen molar-refractivity contribution in [2.75, 3.05) is 0 Å². The Balaban J connectivity index is 2.83. The van der Waals surface area contributed by atoms with Crippen LogP contribution in [-0.2, 0) is 25.7 Å². The summed E-state index contributed by atoms with van der Waals surface area (Å²) in [6.07, 6.45) is 0. The summed E-state index contributed by atoms with van der Waals surface area (Å²) in [6.45, 7) is 0. The summed E-state index contributed by atoms with van der Waals surface area (Å²) < 4.78 is 1.25. The molecule has 0 unspecified atom stereocenters. The standard InChI is InChI=1S/C7H7.Ta/c1-7-5-3-2-4-6-7;/h2-6H,1H2;. The molecule has 0 bridgehead atoms. The summed E-state index contributed by atoms with van der Waals surface area (Å²) in [5.74, 6) is 0. The van der Waals surface area contributed by atoms with Crippen LogP contribution in [0.3, 0.4) is 0 Å². The average Bonchev–Trinajstić information content (AvgIpc) is 1.90. The van der Waals surface area contributed by atoms with E-state index in [4.69, 9.17) is 0 Å². The Morgan fingerprint density at radius 1 is 1.12 bits per heavy atom. The topological polar surface area (TPSA) is 0 Å². The first-order chi connectivity index (χ1) is 3.93. The van der Waals surface area contributed by atoms with E-state index in [0.29, 0.717) is 0 Å². The zero-order chi connectivity index (χ0) is 5.82. The van der Waals surface area contributed by atoms with Gasteiger partial charge in [-0.1, -0.05) is 0 Å². The van der Waals surface area contributed by atoms with Crippen LogP contribution >= 0.6 is 0 Å². The monoisotopic (exact) mass is 272 g/mol. The second-order valence-electron chi connectivity index (χ2n) is 1.64. The molecule has 0 aliphatic heterocycles. The molecular weight excluding hydrogens is 265 g/mol. The molecule has 0 amide bonds. The number of hydrogen-bond donors (Lipinski definition) is 0. The van der Waals surface area contributed by atoms with Crippen LogP contribution < -0.4 is 0 Å². The Kier molecular flexibility index (Phi) is 2.34.